The molecule has 0 spiro atoms. The van der Waals surface area contributed by atoms with Crippen LogP contribution in [0.25, 0.3) is 0 Å². The zero-order chi connectivity index (χ0) is 15.9. The molecule has 21 heavy (non-hydrogen) atoms. The van der Waals surface area contributed by atoms with Gasteiger partial charge in [-0.05, 0) is 30.9 Å². The largest absolute Gasteiger partial charge is 0.309 e. The van der Waals surface area contributed by atoms with Crippen LogP contribution in [-0.2, 0) is 9.84 Å². The van der Waals surface area contributed by atoms with Crippen molar-refractivity contribution < 1.29 is 8.42 Å². The van der Waals surface area contributed by atoms with Gasteiger partial charge in [0.2, 0.25) is 0 Å². The van der Waals surface area contributed by atoms with E-state index in [1.165, 1.54) is 0 Å². The summed E-state index contributed by atoms with van der Waals surface area (Å²) in [6.07, 6.45) is 1.66. The number of hydrogen-bond donors (Lipinski definition) is 1. The van der Waals surface area contributed by atoms with E-state index in [-0.39, 0.29) is 23.0 Å². The fourth-order valence-corrected chi connectivity index (χ4v) is 5.15. The van der Waals surface area contributed by atoms with Crippen LogP contribution in [-0.4, -0.2) is 26.0 Å². The number of hydrogen-bond acceptors (Lipinski definition) is 3. The number of nitrogens with one attached hydrogen (secondary N) is 1. The van der Waals surface area contributed by atoms with Gasteiger partial charge in [-0.3, -0.25) is 0 Å². The van der Waals surface area contributed by atoms with Crippen LogP contribution < -0.4 is 5.32 Å². The van der Waals surface area contributed by atoms with Crippen LogP contribution in [0.3, 0.4) is 0 Å². The molecular formula is C17H29NO2S. The molecule has 0 radical (unpaired) electrons. The molecule has 0 fully saturated rings. The molecule has 0 amide bonds. The van der Waals surface area contributed by atoms with Crippen LogP contribution in [0.1, 0.15) is 52.1 Å². The second-order valence-corrected chi connectivity index (χ2v) is 8.20. The molecule has 120 valence electrons. The SMILES string of the molecule is CCCNC(c1ccccc1)C(C(C)C)S(=O)(=O)CCC. The summed E-state index contributed by atoms with van der Waals surface area (Å²) in [5, 5.41) is 3.07. The van der Waals surface area contributed by atoms with Gasteiger partial charge in [-0.25, -0.2) is 8.42 Å². The summed E-state index contributed by atoms with van der Waals surface area (Å²) in [6, 6.07) is 9.81. The van der Waals surface area contributed by atoms with Gasteiger partial charge in [0, 0.05) is 6.04 Å². The molecule has 0 aliphatic heterocycles. The first-order valence-corrected chi connectivity index (χ1v) is 9.65. The van der Waals surface area contributed by atoms with Gasteiger partial charge < -0.3 is 5.32 Å². The van der Waals surface area contributed by atoms with Gasteiger partial charge in [0.05, 0.1) is 11.0 Å². The van der Waals surface area contributed by atoms with Crippen molar-refractivity contribution >= 4 is 9.84 Å². The summed E-state index contributed by atoms with van der Waals surface area (Å²) in [7, 11) is -3.11. The van der Waals surface area contributed by atoms with Crippen molar-refractivity contribution in [3.63, 3.8) is 0 Å². The first-order valence-electron chi connectivity index (χ1n) is 7.93. The van der Waals surface area contributed by atoms with Crippen molar-refractivity contribution in [3.8, 4) is 0 Å². The Labute approximate surface area is 130 Å². The van der Waals surface area contributed by atoms with Gasteiger partial charge in [-0.2, -0.15) is 0 Å². The summed E-state index contributed by atoms with van der Waals surface area (Å²) >= 11 is 0. The maximum Gasteiger partial charge on any atom is 0.155 e. The average molecular weight is 311 g/mol. The van der Waals surface area contributed by atoms with Crippen molar-refractivity contribution in [2.24, 2.45) is 5.92 Å². The third-order valence-corrected chi connectivity index (χ3v) is 6.28. The predicted octanol–water partition coefficient (Wildman–Crippen LogP) is 3.58. The molecule has 2 unspecified atom stereocenters. The third kappa shape index (κ3) is 5.11. The Hall–Kier alpha value is -0.870. The molecule has 0 bridgehead atoms. The molecule has 0 aliphatic rings. The van der Waals surface area contributed by atoms with E-state index < -0.39 is 9.84 Å². The summed E-state index contributed by atoms with van der Waals surface area (Å²) in [5.74, 6) is 0.337. The topological polar surface area (TPSA) is 46.2 Å². The highest BCUT2D eigenvalue weighted by Gasteiger charge is 2.35. The van der Waals surface area contributed by atoms with E-state index in [0.29, 0.717) is 6.42 Å². The molecule has 2 atom stereocenters. The molecule has 4 heteroatoms. The van der Waals surface area contributed by atoms with Gasteiger partial charge in [-0.1, -0.05) is 58.0 Å². The van der Waals surface area contributed by atoms with Gasteiger partial charge >= 0.3 is 0 Å². The van der Waals surface area contributed by atoms with Gasteiger partial charge in [0.15, 0.2) is 9.84 Å². The fourth-order valence-electron chi connectivity index (χ4n) is 2.81. The summed E-state index contributed by atoms with van der Waals surface area (Å²) < 4.78 is 25.4. The minimum atomic E-state index is -3.11. The number of rotatable bonds is 9. The number of sulfone groups is 1. The quantitative estimate of drug-likeness (QED) is 0.758. The maximum absolute atomic E-state index is 12.7. The van der Waals surface area contributed by atoms with Crippen LogP contribution in [0.4, 0.5) is 0 Å². The minimum Gasteiger partial charge on any atom is -0.309 e. The molecule has 0 saturated carbocycles. The zero-order valence-electron chi connectivity index (χ0n) is 13.7. The van der Waals surface area contributed by atoms with Crippen molar-refractivity contribution in [3.05, 3.63) is 35.9 Å². The first-order chi connectivity index (χ1) is 9.94. The minimum absolute atomic E-state index is 0.0797. The van der Waals surface area contributed by atoms with Crippen LogP contribution >= 0.6 is 0 Å². The normalized spacial score (nSPS) is 15.1. The molecule has 0 aliphatic carbocycles. The third-order valence-electron chi connectivity index (χ3n) is 3.66. The van der Waals surface area contributed by atoms with Gasteiger partial charge in [-0.15, -0.1) is 0 Å². The highest BCUT2D eigenvalue weighted by Crippen LogP contribution is 2.29. The average Bonchev–Trinajstić information content (AvgIpc) is 2.43. The molecule has 1 N–H and O–H groups in total. The van der Waals surface area contributed by atoms with Crippen LogP contribution in [0.15, 0.2) is 30.3 Å². The van der Waals surface area contributed by atoms with Crippen LogP contribution in [0.5, 0.6) is 0 Å². The van der Waals surface area contributed by atoms with E-state index in [4.69, 9.17) is 0 Å². The lowest BCUT2D eigenvalue weighted by atomic mass is 9.96. The van der Waals surface area contributed by atoms with Crippen LogP contribution in [0, 0.1) is 5.92 Å². The van der Waals surface area contributed by atoms with E-state index in [9.17, 15) is 8.42 Å². The standard InChI is InChI=1S/C17H29NO2S/c1-5-12-18-16(15-10-8-7-9-11-15)17(14(3)4)21(19,20)13-6-2/h7-11,14,16-18H,5-6,12-13H2,1-4H3. The summed E-state index contributed by atoms with van der Waals surface area (Å²) in [4.78, 5) is 0. The van der Waals surface area contributed by atoms with E-state index >= 15 is 0 Å². The Balaban J connectivity index is 3.19. The van der Waals surface area contributed by atoms with E-state index in [1.807, 2.05) is 51.1 Å². The summed E-state index contributed by atoms with van der Waals surface area (Å²) in [6.45, 7) is 8.85. The lowest BCUT2D eigenvalue weighted by Crippen LogP contribution is -2.42. The van der Waals surface area contributed by atoms with E-state index in [2.05, 4.69) is 12.2 Å². The summed E-state index contributed by atoms with van der Waals surface area (Å²) in [5.41, 5.74) is 1.06. The maximum atomic E-state index is 12.7. The molecule has 0 aromatic heterocycles. The van der Waals surface area contributed by atoms with E-state index in [0.717, 1.165) is 18.5 Å². The monoisotopic (exact) mass is 311 g/mol. The lowest BCUT2D eigenvalue weighted by Gasteiger charge is -2.31. The molecule has 1 aromatic carbocycles. The molecule has 0 saturated heterocycles. The smallest absolute Gasteiger partial charge is 0.155 e. The van der Waals surface area contributed by atoms with E-state index in [1.54, 1.807) is 0 Å². The number of benzene rings is 1. The highest BCUT2D eigenvalue weighted by molar-refractivity contribution is 7.92. The second kappa shape index (κ2) is 8.54. The first kappa shape index (κ1) is 18.2. The Morgan fingerprint density at radius 1 is 1.05 bits per heavy atom. The molecule has 3 nitrogen and oxygen atoms in total. The fraction of sp³-hybridized carbons (Fsp3) is 0.647. The molecular weight excluding hydrogens is 282 g/mol. The van der Waals surface area contributed by atoms with Crippen molar-refractivity contribution in [1.29, 1.82) is 0 Å². The Bertz CT molecular complexity index is 497. The zero-order valence-corrected chi connectivity index (χ0v) is 14.5. The molecule has 1 rings (SSSR count). The van der Waals surface area contributed by atoms with Crippen molar-refractivity contribution in [1.82, 2.24) is 5.32 Å². The second-order valence-electron chi connectivity index (χ2n) is 5.92. The van der Waals surface area contributed by atoms with Crippen LogP contribution in [0.2, 0.25) is 0 Å². The molecule has 1 aromatic rings. The Morgan fingerprint density at radius 3 is 2.14 bits per heavy atom. The van der Waals surface area contributed by atoms with Crippen molar-refractivity contribution in [2.45, 2.75) is 51.8 Å². The Kier molecular flexibility index (Phi) is 7.40. The Morgan fingerprint density at radius 2 is 1.67 bits per heavy atom. The van der Waals surface area contributed by atoms with Gasteiger partial charge in [0.25, 0.3) is 0 Å². The highest BCUT2D eigenvalue weighted by atomic mass is 32.2. The predicted molar refractivity (Wildman–Crippen MR) is 90.2 cm³/mol. The molecule has 0 heterocycles. The van der Waals surface area contributed by atoms with Crippen molar-refractivity contribution in [2.75, 3.05) is 12.3 Å². The lowest BCUT2D eigenvalue weighted by molar-refractivity contribution is 0.420. The van der Waals surface area contributed by atoms with Gasteiger partial charge in [0.1, 0.15) is 0 Å².